The average molecular weight is 274 g/mol. The number of hydrogen-bond acceptors (Lipinski definition) is 1. The predicted octanol–water partition coefficient (Wildman–Crippen LogP) is 3.78. The van der Waals surface area contributed by atoms with Gasteiger partial charge in [0.15, 0.2) is 5.78 Å². The quantitative estimate of drug-likeness (QED) is 0.463. The molecule has 0 N–H and O–H groups in total. The van der Waals surface area contributed by atoms with E-state index in [1.807, 2.05) is 18.2 Å². The molecule has 0 unspecified atom stereocenters. The molecule has 0 aromatic heterocycles. The Bertz CT molecular complexity index is 332. The molecule has 0 radical (unpaired) electrons. The van der Waals surface area contributed by atoms with E-state index in [4.69, 9.17) is 11.6 Å². The molecule has 0 saturated heterocycles. The number of carbonyl (C=O) groups excluding carboxylic acids is 1. The molecule has 1 aromatic carbocycles. The van der Waals surface area contributed by atoms with Gasteiger partial charge in [0.1, 0.15) is 0 Å². The van der Waals surface area contributed by atoms with Crippen LogP contribution in [0.2, 0.25) is 0 Å². The highest BCUT2D eigenvalue weighted by Crippen LogP contribution is 2.11. The summed E-state index contributed by atoms with van der Waals surface area (Å²) < 4.78 is 0. The zero-order valence-corrected chi connectivity index (χ0v) is 9.88. The molecule has 74 valence electrons. The molecule has 3 heteroatoms. The minimum absolute atomic E-state index is 0.0449. The second-order valence-corrected chi connectivity index (χ2v) is 4.04. The van der Waals surface area contributed by atoms with Crippen LogP contribution < -0.4 is 0 Å². The zero-order valence-electron chi connectivity index (χ0n) is 7.54. The van der Waals surface area contributed by atoms with E-state index in [-0.39, 0.29) is 5.78 Å². The number of ketones is 1. The van der Waals surface area contributed by atoms with Crippen LogP contribution in [-0.4, -0.2) is 11.1 Å². The van der Waals surface area contributed by atoms with E-state index in [0.717, 1.165) is 5.33 Å². The van der Waals surface area contributed by atoms with E-state index in [0.29, 0.717) is 17.0 Å². The van der Waals surface area contributed by atoms with Crippen LogP contribution in [0.4, 0.5) is 0 Å². The van der Waals surface area contributed by atoms with Crippen LogP contribution in [0.1, 0.15) is 16.8 Å². The molecule has 1 nitrogen and oxygen atoms in total. The summed E-state index contributed by atoms with van der Waals surface area (Å²) in [5, 5.41) is 1.35. The Kier molecular flexibility index (Phi) is 4.91. The summed E-state index contributed by atoms with van der Waals surface area (Å²) in [5.74, 6) is -0.0449. The molecule has 0 atom stereocenters. The van der Waals surface area contributed by atoms with Gasteiger partial charge in [0.05, 0.1) is 0 Å². The smallest absolute Gasteiger partial charge is 0.186 e. The van der Waals surface area contributed by atoms with Crippen molar-refractivity contribution in [2.45, 2.75) is 6.42 Å². The van der Waals surface area contributed by atoms with Crippen LogP contribution in [0.15, 0.2) is 41.4 Å². The van der Waals surface area contributed by atoms with Crippen molar-refractivity contribution >= 4 is 33.3 Å². The van der Waals surface area contributed by atoms with E-state index in [1.54, 1.807) is 12.1 Å². The van der Waals surface area contributed by atoms with Gasteiger partial charge >= 0.3 is 0 Å². The normalized spacial score (nSPS) is 11.4. The van der Waals surface area contributed by atoms with Gasteiger partial charge in [0, 0.05) is 22.0 Å². The molecule has 0 fully saturated rings. The first-order valence-electron chi connectivity index (χ1n) is 4.25. The van der Waals surface area contributed by atoms with Gasteiger partial charge in [-0.1, -0.05) is 57.9 Å². The molecule has 14 heavy (non-hydrogen) atoms. The monoisotopic (exact) mass is 272 g/mol. The van der Waals surface area contributed by atoms with Crippen molar-refractivity contribution in [2.75, 3.05) is 5.33 Å². The van der Waals surface area contributed by atoms with Crippen LogP contribution in [-0.2, 0) is 0 Å². The Morgan fingerprint density at radius 3 is 2.57 bits per heavy atom. The lowest BCUT2D eigenvalue weighted by Crippen LogP contribution is -1.94. The van der Waals surface area contributed by atoms with E-state index in [1.165, 1.54) is 6.08 Å². The number of halogens is 2. The minimum atomic E-state index is -0.0449. The second kappa shape index (κ2) is 5.99. The van der Waals surface area contributed by atoms with Crippen molar-refractivity contribution in [3.8, 4) is 0 Å². The highest BCUT2D eigenvalue weighted by atomic mass is 79.9. The Morgan fingerprint density at radius 1 is 1.36 bits per heavy atom. The van der Waals surface area contributed by atoms with Crippen molar-refractivity contribution in [3.05, 3.63) is 47.0 Å². The van der Waals surface area contributed by atoms with E-state index in [9.17, 15) is 4.79 Å². The summed E-state index contributed by atoms with van der Waals surface area (Å²) in [5.41, 5.74) is 0.667. The summed E-state index contributed by atoms with van der Waals surface area (Å²) in [4.78, 5) is 11.6. The van der Waals surface area contributed by atoms with Gasteiger partial charge in [0.2, 0.25) is 0 Å². The summed E-state index contributed by atoms with van der Waals surface area (Å²) >= 11 is 9.10. The van der Waals surface area contributed by atoms with Crippen molar-refractivity contribution in [1.82, 2.24) is 0 Å². The standard InChI is InChI=1S/C11H10BrClO/c12-7-6-10(13)8-11(14)9-4-2-1-3-5-9/h1-5,8H,6-7H2/b10-8-. The van der Waals surface area contributed by atoms with Crippen molar-refractivity contribution in [2.24, 2.45) is 0 Å². The lowest BCUT2D eigenvalue weighted by atomic mass is 10.1. The van der Waals surface area contributed by atoms with Gasteiger partial charge in [-0.25, -0.2) is 0 Å². The maximum Gasteiger partial charge on any atom is 0.186 e. The third-order valence-electron chi connectivity index (χ3n) is 1.68. The first kappa shape index (κ1) is 11.5. The Hall–Kier alpha value is -0.600. The molecule has 0 aliphatic heterocycles. The minimum Gasteiger partial charge on any atom is -0.289 e. The number of carbonyl (C=O) groups is 1. The maximum atomic E-state index is 11.6. The van der Waals surface area contributed by atoms with Crippen molar-refractivity contribution < 1.29 is 4.79 Å². The van der Waals surface area contributed by atoms with Gasteiger partial charge in [-0.15, -0.1) is 0 Å². The first-order chi connectivity index (χ1) is 6.74. The molecule has 1 rings (SSSR count). The summed E-state index contributed by atoms with van der Waals surface area (Å²) in [6.07, 6.45) is 2.15. The highest BCUT2D eigenvalue weighted by molar-refractivity contribution is 9.09. The number of alkyl halides is 1. The van der Waals surface area contributed by atoms with Crippen molar-refractivity contribution in [3.63, 3.8) is 0 Å². The third-order valence-corrected chi connectivity index (χ3v) is 2.37. The third kappa shape index (κ3) is 3.64. The van der Waals surface area contributed by atoms with Gasteiger partial charge < -0.3 is 0 Å². The topological polar surface area (TPSA) is 17.1 Å². The fourth-order valence-electron chi connectivity index (χ4n) is 0.990. The number of rotatable bonds is 4. The molecular formula is C11H10BrClO. The van der Waals surface area contributed by atoms with E-state index < -0.39 is 0 Å². The Labute approximate surface area is 96.9 Å². The first-order valence-corrected chi connectivity index (χ1v) is 5.75. The maximum absolute atomic E-state index is 11.6. The molecule has 0 saturated carbocycles. The SMILES string of the molecule is O=C(/C=C(\Cl)CCBr)c1ccccc1. The van der Waals surface area contributed by atoms with E-state index in [2.05, 4.69) is 15.9 Å². The largest absolute Gasteiger partial charge is 0.289 e. The number of allylic oxidation sites excluding steroid dienone is 2. The zero-order chi connectivity index (χ0) is 10.4. The summed E-state index contributed by atoms with van der Waals surface area (Å²) in [6.45, 7) is 0. The molecule has 0 aliphatic rings. The fourth-order valence-corrected chi connectivity index (χ4v) is 1.84. The summed E-state index contributed by atoms with van der Waals surface area (Å²) in [6, 6.07) is 9.09. The molecule has 0 aliphatic carbocycles. The van der Waals surface area contributed by atoms with Crippen molar-refractivity contribution in [1.29, 1.82) is 0 Å². The molecule has 0 heterocycles. The van der Waals surface area contributed by atoms with E-state index >= 15 is 0 Å². The lowest BCUT2D eigenvalue weighted by molar-refractivity contribution is 0.104. The fraction of sp³-hybridized carbons (Fsp3) is 0.182. The van der Waals surface area contributed by atoms with Gasteiger partial charge in [-0.3, -0.25) is 4.79 Å². The highest BCUT2D eigenvalue weighted by Gasteiger charge is 2.02. The van der Waals surface area contributed by atoms with Gasteiger partial charge in [-0.05, 0) is 6.42 Å². The predicted molar refractivity (Wildman–Crippen MR) is 63.1 cm³/mol. The van der Waals surface area contributed by atoms with Crippen LogP contribution in [0.25, 0.3) is 0 Å². The average Bonchev–Trinajstić information content (AvgIpc) is 2.19. The lowest BCUT2D eigenvalue weighted by Gasteiger charge is -1.96. The molecule has 0 spiro atoms. The Morgan fingerprint density at radius 2 is 2.00 bits per heavy atom. The van der Waals surface area contributed by atoms with Crippen LogP contribution in [0.5, 0.6) is 0 Å². The summed E-state index contributed by atoms with van der Waals surface area (Å²) in [7, 11) is 0. The van der Waals surface area contributed by atoms with Crippen LogP contribution >= 0.6 is 27.5 Å². The second-order valence-electron chi connectivity index (χ2n) is 2.76. The number of benzene rings is 1. The molecule has 0 amide bonds. The number of hydrogen-bond donors (Lipinski definition) is 0. The molecule has 0 bridgehead atoms. The van der Waals surface area contributed by atoms with Gasteiger partial charge in [-0.2, -0.15) is 0 Å². The van der Waals surface area contributed by atoms with Crippen LogP contribution in [0, 0.1) is 0 Å². The van der Waals surface area contributed by atoms with Gasteiger partial charge in [0.25, 0.3) is 0 Å². The Balaban J connectivity index is 2.72. The molecule has 1 aromatic rings. The van der Waals surface area contributed by atoms with Crippen LogP contribution in [0.3, 0.4) is 0 Å². The molecular weight excluding hydrogens is 263 g/mol.